The third kappa shape index (κ3) is 4.02. The van der Waals surface area contributed by atoms with Crippen molar-refractivity contribution in [1.29, 1.82) is 0 Å². The second kappa shape index (κ2) is 6.47. The van der Waals surface area contributed by atoms with Gasteiger partial charge in [0.2, 0.25) is 0 Å². The van der Waals surface area contributed by atoms with E-state index < -0.39 is 5.60 Å². The van der Waals surface area contributed by atoms with E-state index in [1.54, 1.807) is 6.33 Å². The summed E-state index contributed by atoms with van der Waals surface area (Å²) in [6.45, 7) is 8.12. The monoisotopic (exact) mass is 321 g/mol. The van der Waals surface area contributed by atoms with Crippen LogP contribution >= 0.6 is 0 Å². The molecule has 0 unspecified atom stereocenters. The lowest BCUT2D eigenvalue weighted by Gasteiger charge is -2.36. The summed E-state index contributed by atoms with van der Waals surface area (Å²) in [6, 6.07) is 0.513. The molecule has 1 fully saturated rings. The Kier molecular flexibility index (Phi) is 4.57. The number of fused-ring (bicyclic) bond motifs is 1. The van der Waals surface area contributed by atoms with Gasteiger partial charge in [0.25, 0.3) is 0 Å². The minimum absolute atomic E-state index is 0.212. The molecule has 0 spiro atoms. The van der Waals surface area contributed by atoms with Crippen LogP contribution in [-0.4, -0.2) is 50.5 Å². The number of aryl methyl sites for hydroxylation is 1. The van der Waals surface area contributed by atoms with E-state index >= 15 is 0 Å². The summed E-state index contributed by atoms with van der Waals surface area (Å²) < 4.78 is 7.47. The summed E-state index contributed by atoms with van der Waals surface area (Å²) in [6.07, 6.45) is 5.66. The molecule has 1 amide bonds. The zero-order valence-electron chi connectivity index (χ0n) is 14.3. The van der Waals surface area contributed by atoms with E-state index in [4.69, 9.17) is 4.74 Å². The Hall–Kier alpha value is -1.63. The summed E-state index contributed by atoms with van der Waals surface area (Å²) >= 11 is 0. The van der Waals surface area contributed by atoms with Gasteiger partial charge in [0.15, 0.2) is 0 Å². The molecule has 0 radical (unpaired) electrons. The maximum atomic E-state index is 12.3. The predicted molar refractivity (Wildman–Crippen MR) is 86.0 cm³/mol. The molecule has 1 N–H and O–H groups in total. The highest BCUT2D eigenvalue weighted by Crippen LogP contribution is 2.24. The predicted octanol–water partition coefficient (Wildman–Crippen LogP) is 2.10. The maximum Gasteiger partial charge on any atom is 0.410 e. The largest absolute Gasteiger partial charge is 0.444 e. The first-order valence-electron chi connectivity index (χ1n) is 8.54. The van der Waals surface area contributed by atoms with Gasteiger partial charge in [-0.1, -0.05) is 0 Å². The lowest BCUT2D eigenvalue weighted by Crippen LogP contribution is -2.50. The number of aromatic nitrogens is 3. The second-order valence-electron chi connectivity index (χ2n) is 7.47. The number of hydrogen-bond acceptors (Lipinski definition) is 5. The Bertz CT molecular complexity index is 551. The molecule has 7 heteroatoms. The number of hydrogen-bond donors (Lipinski definition) is 1. The molecule has 3 heterocycles. The molecule has 0 aromatic carbocycles. The molecule has 1 saturated heterocycles. The van der Waals surface area contributed by atoms with Gasteiger partial charge in [-0.2, -0.15) is 5.10 Å². The van der Waals surface area contributed by atoms with Crippen LogP contribution in [0.25, 0.3) is 0 Å². The first kappa shape index (κ1) is 16.2. The van der Waals surface area contributed by atoms with Crippen molar-refractivity contribution in [2.75, 3.05) is 13.1 Å². The van der Waals surface area contributed by atoms with E-state index in [1.807, 2.05) is 30.4 Å². The molecule has 0 bridgehead atoms. The Morgan fingerprint density at radius 1 is 1.30 bits per heavy atom. The van der Waals surface area contributed by atoms with E-state index in [2.05, 4.69) is 15.4 Å². The number of nitrogens with one attached hydrogen (secondary N) is 1. The van der Waals surface area contributed by atoms with Crippen LogP contribution in [0.4, 0.5) is 4.79 Å². The molecular formula is C16H27N5O2. The fourth-order valence-electron chi connectivity index (χ4n) is 3.34. The van der Waals surface area contributed by atoms with Gasteiger partial charge in [-0.3, -0.25) is 0 Å². The molecule has 3 rings (SSSR count). The third-order valence-electron chi connectivity index (χ3n) is 4.33. The van der Waals surface area contributed by atoms with Crippen LogP contribution in [0.5, 0.6) is 0 Å². The fourth-order valence-corrected chi connectivity index (χ4v) is 3.34. The zero-order chi connectivity index (χ0) is 16.4. The van der Waals surface area contributed by atoms with Crippen LogP contribution in [0.3, 0.4) is 0 Å². The van der Waals surface area contributed by atoms with Crippen molar-refractivity contribution in [3.8, 4) is 0 Å². The van der Waals surface area contributed by atoms with Crippen molar-refractivity contribution < 1.29 is 9.53 Å². The fraction of sp³-hybridized carbons (Fsp3) is 0.812. The summed E-state index contributed by atoms with van der Waals surface area (Å²) in [5.74, 6) is 1.02. The highest BCUT2D eigenvalue weighted by Gasteiger charge is 2.30. The van der Waals surface area contributed by atoms with Gasteiger partial charge in [-0.05, 0) is 46.5 Å². The quantitative estimate of drug-likeness (QED) is 0.903. The van der Waals surface area contributed by atoms with Crippen molar-refractivity contribution in [2.45, 2.75) is 70.7 Å². The molecule has 0 aliphatic carbocycles. The number of likely N-dealkylation sites (tertiary alicyclic amines) is 1. The van der Waals surface area contributed by atoms with E-state index in [9.17, 15) is 4.79 Å². The SMILES string of the molecule is CC(C)(C)OC(=O)N1CCC[C@H](N[C@H]2CCCn3ncnc32)C1. The molecule has 1 aromatic heterocycles. The normalized spacial score (nSPS) is 25.1. The average molecular weight is 321 g/mol. The van der Waals surface area contributed by atoms with Gasteiger partial charge in [-0.15, -0.1) is 0 Å². The lowest BCUT2D eigenvalue weighted by molar-refractivity contribution is 0.0181. The van der Waals surface area contributed by atoms with Gasteiger partial charge in [0, 0.05) is 25.7 Å². The number of nitrogens with zero attached hydrogens (tertiary/aromatic N) is 4. The topological polar surface area (TPSA) is 72.3 Å². The number of piperidine rings is 1. The van der Waals surface area contributed by atoms with Crippen LogP contribution < -0.4 is 5.32 Å². The van der Waals surface area contributed by atoms with Gasteiger partial charge in [0.05, 0.1) is 6.04 Å². The number of carbonyl (C=O) groups excluding carboxylic acids is 1. The van der Waals surface area contributed by atoms with Crippen molar-refractivity contribution >= 4 is 6.09 Å². The molecule has 2 aliphatic rings. The first-order valence-corrected chi connectivity index (χ1v) is 8.54. The Morgan fingerprint density at radius 2 is 2.09 bits per heavy atom. The highest BCUT2D eigenvalue weighted by atomic mass is 16.6. The highest BCUT2D eigenvalue weighted by molar-refractivity contribution is 5.68. The van der Waals surface area contributed by atoms with Crippen molar-refractivity contribution in [3.05, 3.63) is 12.2 Å². The summed E-state index contributed by atoms with van der Waals surface area (Å²) in [5.41, 5.74) is -0.447. The van der Waals surface area contributed by atoms with Crippen LogP contribution in [0.15, 0.2) is 6.33 Å². The zero-order valence-corrected chi connectivity index (χ0v) is 14.3. The minimum atomic E-state index is -0.447. The molecule has 23 heavy (non-hydrogen) atoms. The molecule has 128 valence electrons. The summed E-state index contributed by atoms with van der Waals surface area (Å²) in [7, 11) is 0. The number of ether oxygens (including phenoxy) is 1. The molecule has 7 nitrogen and oxygen atoms in total. The van der Waals surface area contributed by atoms with Crippen molar-refractivity contribution in [2.24, 2.45) is 0 Å². The molecule has 2 aliphatic heterocycles. The van der Waals surface area contributed by atoms with Gasteiger partial charge >= 0.3 is 6.09 Å². The van der Waals surface area contributed by atoms with Crippen molar-refractivity contribution in [3.63, 3.8) is 0 Å². The maximum absolute atomic E-state index is 12.3. The third-order valence-corrected chi connectivity index (χ3v) is 4.33. The molecule has 0 saturated carbocycles. The van der Waals surface area contributed by atoms with Gasteiger partial charge < -0.3 is 15.0 Å². The number of carbonyl (C=O) groups is 1. The van der Waals surface area contributed by atoms with Crippen molar-refractivity contribution in [1.82, 2.24) is 25.0 Å². The van der Waals surface area contributed by atoms with Crippen LogP contribution in [0.1, 0.15) is 58.3 Å². The van der Waals surface area contributed by atoms with Crippen LogP contribution in [0.2, 0.25) is 0 Å². The Balaban J connectivity index is 1.59. The smallest absolute Gasteiger partial charge is 0.410 e. The number of amides is 1. The van der Waals surface area contributed by atoms with Gasteiger partial charge in [-0.25, -0.2) is 14.5 Å². The minimum Gasteiger partial charge on any atom is -0.444 e. The second-order valence-corrected chi connectivity index (χ2v) is 7.47. The summed E-state index contributed by atoms with van der Waals surface area (Å²) in [5, 5.41) is 7.94. The van der Waals surface area contributed by atoms with Gasteiger partial charge in [0.1, 0.15) is 17.8 Å². The van der Waals surface area contributed by atoms with E-state index in [0.717, 1.165) is 44.6 Å². The van der Waals surface area contributed by atoms with E-state index in [0.29, 0.717) is 6.54 Å². The van der Waals surface area contributed by atoms with E-state index in [-0.39, 0.29) is 18.2 Å². The average Bonchev–Trinajstić information content (AvgIpc) is 2.95. The lowest BCUT2D eigenvalue weighted by atomic mass is 10.0. The molecular weight excluding hydrogens is 294 g/mol. The first-order chi connectivity index (χ1) is 10.9. The summed E-state index contributed by atoms with van der Waals surface area (Å²) in [4.78, 5) is 18.5. The standard InChI is InChI=1S/C16H27N5O2/c1-16(2,3)23-15(22)20-8-4-6-12(10-20)19-13-7-5-9-21-14(13)17-11-18-21/h11-13,19H,4-10H2,1-3H3/t12-,13-/m0/s1. The van der Waals surface area contributed by atoms with Crippen LogP contribution in [-0.2, 0) is 11.3 Å². The van der Waals surface area contributed by atoms with Crippen LogP contribution in [0, 0.1) is 0 Å². The molecule has 1 aromatic rings. The Morgan fingerprint density at radius 3 is 2.87 bits per heavy atom. The van der Waals surface area contributed by atoms with E-state index in [1.165, 1.54) is 0 Å². The Labute approximate surface area is 137 Å². The molecule has 2 atom stereocenters. The number of rotatable bonds is 2.